The van der Waals surface area contributed by atoms with Crippen LogP contribution >= 0.6 is 0 Å². The Hall–Kier alpha value is -3.10. The van der Waals surface area contributed by atoms with E-state index in [1.807, 2.05) is 30.3 Å². The molecule has 3 atom stereocenters. The standard InChI is InChI=1S/C23H33N3O6/c1-14(2)18(25-22(30)32-23(4,5)6)20(28)26-12-17(26)19(27)24-15(3)21(29)31-13-16-10-8-7-9-11-16/h7-11,14-15,17-18H,12-13H2,1-6H3,(H,24,27)(H,25,30)/t15-,17-,18-,26?/m0/s1. The highest BCUT2D eigenvalue weighted by Crippen LogP contribution is 2.22. The summed E-state index contributed by atoms with van der Waals surface area (Å²) in [5, 5.41) is 5.17. The molecule has 32 heavy (non-hydrogen) atoms. The first kappa shape index (κ1) is 25.2. The molecule has 2 rings (SSSR count). The smallest absolute Gasteiger partial charge is 0.408 e. The van der Waals surface area contributed by atoms with Crippen molar-refractivity contribution in [3.05, 3.63) is 35.9 Å². The second-order valence-electron chi connectivity index (χ2n) is 9.20. The predicted octanol–water partition coefficient (Wildman–Crippen LogP) is 1.99. The molecular formula is C23H33N3O6. The molecule has 9 heteroatoms. The number of nitrogens with zero attached hydrogens (tertiary/aromatic N) is 1. The number of benzene rings is 1. The van der Waals surface area contributed by atoms with Gasteiger partial charge in [-0.1, -0.05) is 44.2 Å². The number of amides is 3. The van der Waals surface area contributed by atoms with Gasteiger partial charge >= 0.3 is 12.1 Å². The quantitative estimate of drug-likeness (QED) is 0.465. The lowest BCUT2D eigenvalue weighted by Gasteiger charge is -2.25. The summed E-state index contributed by atoms with van der Waals surface area (Å²) >= 11 is 0. The van der Waals surface area contributed by atoms with E-state index in [0.717, 1.165) is 5.56 Å². The minimum Gasteiger partial charge on any atom is -0.459 e. The molecule has 1 fully saturated rings. The molecule has 0 unspecified atom stereocenters. The number of alkyl carbamates (subject to hydrolysis) is 1. The Labute approximate surface area is 188 Å². The van der Waals surface area contributed by atoms with E-state index in [9.17, 15) is 19.2 Å². The van der Waals surface area contributed by atoms with Crippen molar-refractivity contribution in [2.45, 2.75) is 71.9 Å². The summed E-state index contributed by atoms with van der Waals surface area (Å²) in [5.74, 6) is -1.58. The fourth-order valence-electron chi connectivity index (χ4n) is 2.96. The number of rotatable bonds is 8. The highest BCUT2D eigenvalue weighted by molar-refractivity contribution is 5.97. The van der Waals surface area contributed by atoms with Crippen molar-refractivity contribution in [3.8, 4) is 0 Å². The highest BCUT2D eigenvalue weighted by atomic mass is 16.6. The van der Waals surface area contributed by atoms with Gasteiger partial charge in [0.1, 0.15) is 30.3 Å². The third kappa shape index (κ3) is 7.55. The molecule has 0 radical (unpaired) electrons. The normalized spacial score (nSPS) is 17.2. The van der Waals surface area contributed by atoms with Crippen LogP contribution in [0.4, 0.5) is 4.79 Å². The fourth-order valence-corrected chi connectivity index (χ4v) is 2.96. The lowest BCUT2D eigenvalue weighted by molar-refractivity contribution is -0.148. The molecule has 1 aromatic rings. The van der Waals surface area contributed by atoms with E-state index in [-0.39, 0.29) is 25.0 Å². The van der Waals surface area contributed by atoms with E-state index in [2.05, 4.69) is 10.6 Å². The Morgan fingerprint density at radius 1 is 1.06 bits per heavy atom. The van der Waals surface area contributed by atoms with Gasteiger partial charge in [0, 0.05) is 0 Å². The highest BCUT2D eigenvalue weighted by Gasteiger charge is 2.47. The van der Waals surface area contributed by atoms with Crippen LogP contribution in [0.1, 0.15) is 47.1 Å². The van der Waals surface area contributed by atoms with Gasteiger partial charge in [0.25, 0.3) is 0 Å². The number of nitrogens with one attached hydrogen (secondary N) is 2. The summed E-state index contributed by atoms with van der Waals surface area (Å²) in [5.41, 5.74) is 0.151. The van der Waals surface area contributed by atoms with Gasteiger partial charge in [0.05, 0.1) is 6.54 Å². The van der Waals surface area contributed by atoms with Crippen molar-refractivity contribution in [1.29, 1.82) is 0 Å². The van der Waals surface area contributed by atoms with Crippen LogP contribution in [-0.2, 0) is 30.5 Å². The van der Waals surface area contributed by atoms with Crippen LogP contribution in [0.15, 0.2) is 30.3 Å². The van der Waals surface area contributed by atoms with Crippen LogP contribution in [0.5, 0.6) is 0 Å². The summed E-state index contributed by atoms with van der Waals surface area (Å²) in [6, 6.07) is 6.85. The van der Waals surface area contributed by atoms with Crippen molar-refractivity contribution in [2.24, 2.45) is 5.92 Å². The first-order chi connectivity index (χ1) is 14.9. The topological polar surface area (TPSA) is 114 Å². The number of hydrogen-bond donors (Lipinski definition) is 2. The minimum absolute atomic E-state index is 0.111. The molecule has 0 aliphatic carbocycles. The van der Waals surface area contributed by atoms with E-state index in [0.29, 0.717) is 0 Å². The maximum absolute atomic E-state index is 12.8. The van der Waals surface area contributed by atoms with E-state index >= 15 is 0 Å². The number of carbonyl (C=O) groups excluding carboxylic acids is 4. The van der Waals surface area contributed by atoms with Gasteiger partial charge in [-0.3, -0.25) is 9.59 Å². The van der Waals surface area contributed by atoms with Crippen molar-refractivity contribution >= 4 is 23.9 Å². The number of esters is 1. The zero-order valence-corrected chi connectivity index (χ0v) is 19.5. The molecule has 0 aromatic heterocycles. The molecule has 1 aromatic carbocycles. The molecule has 3 amide bonds. The molecule has 1 aliphatic rings. The van der Waals surface area contributed by atoms with Crippen LogP contribution in [0.25, 0.3) is 0 Å². The molecule has 0 bridgehead atoms. The first-order valence-electron chi connectivity index (χ1n) is 10.7. The van der Waals surface area contributed by atoms with Gasteiger partial charge in [-0.2, -0.15) is 0 Å². The van der Waals surface area contributed by atoms with Gasteiger partial charge < -0.3 is 25.0 Å². The Morgan fingerprint density at radius 3 is 2.25 bits per heavy atom. The van der Waals surface area contributed by atoms with Crippen molar-refractivity contribution in [3.63, 3.8) is 0 Å². The zero-order chi connectivity index (χ0) is 24.1. The number of hydrogen-bond acceptors (Lipinski definition) is 6. The van der Waals surface area contributed by atoms with Crippen molar-refractivity contribution in [2.75, 3.05) is 6.54 Å². The second kappa shape index (κ2) is 10.5. The molecule has 2 N–H and O–H groups in total. The largest absolute Gasteiger partial charge is 0.459 e. The summed E-state index contributed by atoms with van der Waals surface area (Å²) in [6.07, 6.45) is -0.692. The Bertz CT molecular complexity index is 834. The average molecular weight is 448 g/mol. The predicted molar refractivity (Wildman–Crippen MR) is 117 cm³/mol. The Kier molecular flexibility index (Phi) is 8.24. The van der Waals surface area contributed by atoms with Gasteiger partial charge in [0.2, 0.25) is 11.8 Å². The van der Waals surface area contributed by atoms with Gasteiger partial charge in [-0.25, -0.2) is 9.59 Å². The lowest BCUT2D eigenvalue weighted by atomic mass is 10.0. The maximum atomic E-state index is 12.8. The summed E-state index contributed by atoms with van der Waals surface area (Å²) in [7, 11) is 0. The molecular weight excluding hydrogens is 414 g/mol. The van der Waals surface area contributed by atoms with Gasteiger partial charge in [-0.15, -0.1) is 0 Å². The maximum Gasteiger partial charge on any atom is 0.408 e. The van der Waals surface area contributed by atoms with Crippen LogP contribution in [0.3, 0.4) is 0 Å². The fraction of sp³-hybridized carbons (Fsp3) is 0.565. The monoisotopic (exact) mass is 447 g/mol. The van der Waals surface area contributed by atoms with Crippen molar-refractivity contribution in [1.82, 2.24) is 15.5 Å². The lowest BCUT2D eigenvalue weighted by Crippen LogP contribution is -2.49. The van der Waals surface area contributed by atoms with E-state index < -0.39 is 41.7 Å². The zero-order valence-electron chi connectivity index (χ0n) is 19.5. The minimum atomic E-state index is -0.857. The summed E-state index contributed by atoms with van der Waals surface area (Å²) in [6.45, 7) is 10.6. The van der Waals surface area contributed by atoms with Crippen molar-refractivity contribution < 1.29 is 28.7 Å². The summed E-state index contributed by atoms with van der Waals surface area (Å²) < 4.78 is 10.4. The molecule has 1 aliphatic heterocycles. The van der Waals surface area contributed by atoms with E-state index in [4.69, 9.17) is 9.47 Å². The van der Waals surface area contributed by atoms with E-state index in [1.54, 1.807) is 34.6 Å². The molecule has 1 heterocycles. The van der Waals surface area contributed by atoms with Gasteiger partial charge in [-0.05, 0) is 39.2 Å². The molecule has 176 valence electrons. The van der Waals surface area contributed by atoms with Crippen LogP contribution in [0.2, 0.25) is 0 Å². The Balaban J connectivity index is 1.84. The third-order valence-corrected chi connectivity index (χ3v) is 4.74. The number of carbonyl (C=O) groups is 4. The SMILES string of the molecule is CC(C)[C@H](NC(=O)OC(C)(C)C)C(=O)N1C[C@H]1C(=O)N[C@@H](C)C(=O)OCc1ccccc1. The third-order valence-electron chi connectivity index (χ3n) is 4.74. The molecule has 0 saturated carbocycles. The number of ether oxygens (including phenoxy) is 2. The Morgan fingerprint density at radius 2 is 1.69 bits per heavy atom. The molecule has 1 saturated heterocycles. The average Bonchev–Trinajstić information content (AvgIpc) is 3.50. The van der Waals surface area contributed by atoms with E-state index in [1.165, 1.54) is 11.8 Å². The van der Waals surface area contributed by atoms with Crippen LogP contribution < -0.4 is 10.6 Å². The van der Waals surface area contributed by atoms with Crippen LogP contribution in [-0.4, -0.2) is 59.0 Å². The van der Waals surface area contributed by atoms with Crippen LogP contribution in [0, 0.1) is 5.92 Å². The first-order valence-corrected chi connectivity index (χ1v) is 10.7. The summed E-state index contributed by atoms with van der Waals surface area (Å²) in [4.78, 5) is 50.9. The second-order valence-corrected chi connectivity index (χ2v) is 9.20. The molecule has 0 spiro atoms. The van der Waals surface area contributed by atoms with Gasteiger partial charge in [0.15, 0.2) is 0 Å². The molecule has 9 nitrogen and oxygen atoms in total.